The Bertz CT molecular complexity index is 710. The summed E-state index contributed by atoms with van der Waals surface area (Å²) in [6, 6.07) is 15.0. The Morgan fingerprint density at radius 2 is 1.52 bits per heavy atom. The molecule has 132 valence electrons. The van der Waals surface area contributed by atoms with Gasteiger partial charge in [-0.05, 0) is 50.2 Å². The number of hydrogen-bond acceptors (Lipinski definition) is 3. The highest BCUT2D eigenvalue weighted by Crippen LogP contribution is 2.22. The van der Waals surface area contributed by atoms with Crippen molar-refractivity contribution in [3.8, 4) is 0 Å². The van der Waals surface area contributed by atoms with Crippen LogP contribution in [-0.2, 0) is 0 Å². The quantitative estimate of drug-likeness (QED) is 0.755. The van der Waals surface area contributed by atoms with E-state index in [-0.39, 0.29) is 35.7 Å². The van der Waals surface area contributed by atoms with Crippen molar-refractivity contribution in [2.45, 2.75) is 12.8 Å². The van der Waals surface area contributed by atoms with Gasteiger partial charge in [0.25, 0.3) is 0 Å². The predicted octanol–water partition coefficient (Wildman–Crippen LogP) is 4.03. The van der Waals surface area contributed by atoms with Crippen LogP contribution in [0.15, 0.2) is 54.6 Å². The minimum Gasteiger partial charge on any atom is -0.296 e. The molecule has 0 bridgehead atoms. The summed E-state index contributed by atoms with van der Waals surface area (Å²) in [6.07, 6.45) is 1.54. The summed E-state index contributed by atoms with van der Waals surface area (Å²) in [5, 5.41) is 0. The van der Waals surface area contributed by atoms with Crippen molar-refractivity contribution in [1.29, 1.82) is 0 Å². The van der Waals surface area contributed by atoms with E-state index in [1.807, 2.05) is 30.3 Å². The number of Topliss-reactive ketones (excluding diaryl/α,β-unsaturated/α-hetero) is 2. The van der Waals surface area contributed by atoms with E-state index in [0.717, 1.165) is 31.5 Å². The van der Waals surface area contributed by atoms with Gasteiger partial charge in [-0.25, -0.2) is 4.39 Å². The predicted molar refractivity (Wildman–Crippen MR) is 97.9 cm³/mol. The van der Waals surface area contributed by atoms with Crippen molar-refractivity contribution in [2.24, 2.45) is 5.92 Å². The largest absolute Gasteiger partial charge is 0.296 e. The summed E-state index contributed by atoms with van der Waals surface area (Å²) < 4.78 is 12.9. The number of hydrogen-bond donors (Lipinski definition) is 0. The Morgan fingerprint density at radius 1 is 0.920 bits per heavy atom. The summed E-state index contributed by atoms with van der Waals surface area (Å²) in [5.41, 5.74) is 1.29. The number of likely N-dealkylation sites (tertiary alicyclic amines) is 1. The lowest BCUT2D eigenvalue weighted by atomic mass is 9.89. The second-order valence-corrected chi connectivity index (χ2v) is 6.21. The Balaban J connectivity index is 0.00000225. The molecule has 1 aliphatic heterocycles. The molecular formula is C20H21ClFNO2. The molecule has 3 nitrogen and oxygen atoms in total. The molecule has 1 saturated heterocycles. The van der Waals surface area contributed by atoms with Crippen LogP contribution in [-0.4, -0.2) is 36.1 Å². The molecule has 0 aromatic heterocycles. The molecule has 0 unspecified atom stereocenters. The first-order valence-corrected chi connectivity index (χ1v) is 8.24. The average molecular weight is 362 g/mol. The first kappa shape index (κ1) is 19.3. The zero-order chi connectivity index (χ0) is 16.9. The van der Waals surface area contributed by atoms with Crippen molar-refractivity contribution in [1.82, 2.24) is 4.90 Å². The van der Waals surface area contributed by atoms with Gasteiger partial charge < -0.3 is 0 Å². The van der Waals surface area contributed by atoms with E-state index in [4.69, 9.17) is 0 Å². The lowest BCUT2D eigenvalue weighted by Gasteiger charge is -2.30. The van der Waals surface area contributed by atoms with Crippen LogP contribution in [0.5, 0.6) is 0 Å². The SMILES string of the molecule is Cl.O=C(CN1CCC(C(=O)c2ccccc2)CC1)c1ccc(F)cc1. The van der Waals surface area contributed by atoms with Gasteiger partial charge in [-0.15, -0.1) is 12.4 Å². The van der Waals surface area contributed by atoms with Gasteiger partial charge in [-0.3, -0.25) is 14.5 Å². The smallest absolute Gasteiger partial charge is 0.176 e. The number of nitrogens with zero attached hydrogens (tertiary/aromatic N) is 1. The van der Waals surface area contributed by atoms with Gasteiger partial charge in [0.15, 0.2) is 11.6 Å². The van der Waals surface area contributed by atoms with Crippen molar-refractivity contribution < 1.29 is 14.0 Å². The number of carbonyl (C=O) groups is 2. The van der Waals surface area contributed by atoms with Crippen LogP contribution in [0.4, 0.5) is 4.39 Å². The minimum atomic E-state index is -0.341. The average Bonchev–Trinajstić information content (AvgIpc) is 2.63. The summed E-state index contributed by atoms with van der Waals surface area (Å²) in [5.74, 6) is -0.126. The molecular weight excluding hydrogens is 341 g/mol. The van der Waals surface area contributed by atoms with Gasteiger partial charge in [-0.1, -0.05) is 30.3 Å². The van der Waals surface area contributed by atoms with Crippen molar-refractivity contribution in [3.05, 3.63) is 71.5 Å². The van der Waals surface area contributed by atoms with Crippen LogP contribution >= 0.6 is 12.4 Å². The van der Waals surface area contributed by atoms with Gasteiger partial charge in [-0.2, -0.15) is 0 Å². The Kier molecular flexibility index (Phi) is 6.85. The minimum absolute atomic E-state index is 0. The molecule has 25 heavy (non-hydrogen) atoms. The molecule has 0 atom stereocenters. The van der Waals surface area contributed by atoms with Crippen LogP contribution in [0.2, 0.25) is 0 Å². The molecule has 2 aromatic rings. The third-order valence-electron chi connectivity index (χ3n) is 4.55. The van der Waals surface area contributed by atoms with Crippen LogP contribution in [0.3, 0.4) is 0 Å². The van der Waals surface area contributed by atoms with E-state index in [9.17, 15) is 14.0 Å². The fraction of sp³-hybridized carbons (Fsp3) is 0.300. The molecule has 0 saturated carbocycles. The van der Waals surface area contributed by atoms with Crippen molar-refractivity contribution in [2.75, 3.05) is 19.6 Å². The van der Waals surface area contributed by atoms with E-state index in [2.05, 4.69) is 4.90 Å². The monoisotopic (exact) mass is 361 g/mol. The van der Waals surface area contributed by atoms with E-state index in [0.29, 0.717) is 12.1 Å². The number of piperidine rings is 1. The van der Waals surface area contributed by atoms with Gasteiger partial charge >= 0.3 is 0 Å². The lowest BCUT2D eigenvalue weighted by molar-refractivity contribution is 0.0805. The highest BCUT2D eigenvalue weighted by atomic mass is 35.5. The van der Waals surface area contributed by atoms with E-state index >= 15 is 0 Å². The molecule has 0 amide bonds. The van der Waals surface area contributed by atoms with Gasteiger partial charge in [0.2, 0.25) is 0 Å². The maximum absolute atomic E-state index is 12.9. The number of rotatable bonds is 5. The van der Waals surface area contributed by atoms with Gasteiger partial charge in [0.1, 0.15) is 5.82 Å². The Morgan fingerprint density at radius 3 is 2.12 bits per heavy atom. The first-order chi connectivity index (χ1) is 11.6. The normalized spacial score (nSPS) is 15.4. The molecule has 0 radical (unpaired) electrons. The second-order valence-electron chi connectivity index (χ2n) is 6.21. The van der Waals surface area contributed by atoms with E-state index in [1.165, 1.54) is 24.3 Å². The highest BCUT2D eigenvalue weighted by molar-refractivity contribution is 5.98. The maximum atomic E-state index is 12.9. The van der Waals surface area contributed by atoms with Crippen LogP contribution in [0, 0.1) is 11.7 Å². The van der Waals surface area contributed by atoms with Gasteiger partial charge in [0.05, 0.1) is 6.54 Å². The second kappa shape index (κ2) is 8.88. The molecule has 1 heterocycles. The molecule has 1 aliphatic rings. The summed E-state index contributed by atoms with van der Waals surface area (Å²) in [4.78, 5) is 26.8. The Labute approximate surface area is 153 Å². The third-order valence-corrected chi connectivity index (χ3v) is 4.55. The fourth-order valence-corrected chi connectivity index (χ4v) is 3.12. The van der Waals surface area contributed by atoms with E-state index in [1.54, 1.807) is 0 Å². The zero-order valence-electron chi connectivity index (χ0n) is 13.9. The summed E-state index contributed by atoms with van der Waals surface area (Å²) in [7, 11) is 0. The number of ketones is 2. The van der Waals surface area contributed by atoms with Crippen LogP contribution < -0.4 is 0 Å². The number of carbonyl (C=O) groups excluding carboxylic acids is 2. The molecule has 0 spiro atoms. The van der Waals surface area contributed by atoms with Gasteiger partial charge in [0, 0.05) is 17.0 Å². The number of halogens is 2. The zero-order valence-corrected chi connectivity index (χ0v) is 14.7. The topological polar surface area (TPSA) is 37.4 Å². The molecule has 3 rings (SSSR count). The maximum Gasteiger partial charge on any atom is 0.176 e. The third kappa shape index (κ3) is 4.97. The highest BCUT2D eigenvalue weighted by Gasteiger charge is 2.26. The summed E-state index contributed by atoms with van der Waals surface area (Å²) in [6.45, 7) is 1.78. The Hall–Kier alpha value is -2.04. The van der Waals surface area contributed by atoms with E-state index < -0.39 is 0 Å². The number of benzene rings is 2. The fourth-order valence-electron chi connectivity index (χ4n) is 3.12. The molecule has 0 N–H and O–H groups in total. The molecule has 5 heteroatoms. The van der Waals surface area contributed by atoms with Crippen LogP contribution in [0.1, 0.15) is 33.6 Å². The van der Waals surface area contributed by atoms with Crippen LogP contribution in [0.25, 0.3) is 0 Å². The standard InChI is InChI=1S/C20H20FNO2.ClH/c21-18-8-6-15(7-9-18)19(23)14-22-12-10-17(11-13-22)20(24)16-4-2-1-3-5-16;/h1-9,17H,10-14H2;1H. The van der Waals surface area contributed by atoms with Crippen molar-refractivity contribution in [3.63, 3.8) is 0 Å². The molecule has 2 aromatic carbocycles. The summed E-state index contributed by atoms with van der Waals surface area (Å²) >= 11 is 0. The molecule has 1 fully saturated rings. The molecule has 0 aliphatic carbocycles. The first-order valence-electron chi connectivity index (χ1n) is 8.24. The van der Waals surface area contributed by atoms with Crippen molar-refractivity contribution >= 4 is 24.0 Å². The lowest BCUT2D eigenvalue weighted by Crippen LogP contribution is -2.39.